The van der Waals surface area contributed by atoms with E-state index in [1.807, 2.05) is 18.9 Å². The fourth-order valence-corrected chi connectivity index (χ4v) is 4.98. The number of hydrogen-bond donors (Lipinski definition) is 1. The fraction of sp³-hybridized carbons (Fsp3) is 0.438. The maximum atomic E-state index is 12.8. The first-order valence-electron chi connectivity index (χ1n) is 8.39. The summed E-state index contributed by atoms with van der Waals surface area (Å²) in [5.74, 6) is 0. The third-order valence-electron chi connectivity index (χ3n) is 4.55. The Morgan fingerprint density at radius 3 is 2.59 bits per heavy atom. The van der Waals surface area contributed by atoms with Gasteiger partial charge in [0, 0.05) is 37.1 Å². The number of piperazine rings is 1. The molecule has 146 valence electrons. The van der Waals surface area contributed by atoms with Crippen LogP contribution in [0.5, 0.6) is 0 Å². The highest BCUT2D eigenvalue weighted by Gasteiger charge is 2.29. The molecule has 9 nitrogen and oxygen atoms in total. The number of nitrogens with zero attached hydrogens (tertiary/aromatic N) is 4. The maximum absolute atomic E-state index is 12.8. The van der Waals surface area contributed by atoms with Gasteiger partial charge in [-0.3, -0.25) is 10.1 Å². The zero-order valence-electron chi connectivity index (χ0n) is 15.1. The number of aryl methyl sites for hydroxylation is 1. The van der Waals surface area contributed by atoms with Gasteiger partial charge in [-0.25, -0.2) is 13.4 Å². The normalized spacial score (nSPS) is 16.4. The Labute approximate surface area is 161 Å². The molecular weight excluding hydrogens is 390 g/mol. The molecule has 1 aliphatic rings. The second-order valence-corrected chi connectivity index (χ2v) is 9.24. The number of rotatable bonds is 6. The van der Waals surface area contributed by atoms with E-state index in [-0.39, 0.29) is 16.3 Å². The van der Waals surface area contributed by atoms with E-state index >= 15 is 0 Å². The number of anilines is 1. The van der Waals surface area contributed by atoms with Gasteiger partial charge in [-0.15, -0.1) is 11.3 Å². The minimum absolute atomic E-state index is 0.0572. The van der Waals surface area contributed by atoms with Crippen molar-refractivity contribution in [2.75, 3.05) is 38.5 Å². The van der Waals surface area contributed by atoms with Crippen molar-refractivity contribution in [2.24, 2.45) is 0 Å². The number of likely N-dealkylation sites (N-methyl/N-ethyl adjacent to an activating group) is 1. The molecule has 0 bridgehead atoms. The van der Waals surface area contributed by atoms with Gasteiger partial charge in [0.15, 0.2) is 0 Å². The molecule has 1 saturated heterocycles. The van der Waals surface area contributed by atoms with E-state index in [1.54, 1.807) is 5.51 Å². The summed E-state index contributed by atoms with van der Waals surface area (Å²) in [6.45, 7) is 4.27. The van der Waals surface area contributed by atoms with Gasteiger partial charge in [-0.2, -0.15) is 4.31 Å². The topological polar surface area (TPSA) is 109 Å². The molecule has 3 rings (SSSR count). The molecule has 11 heteroatoms. The maximum Gasteiger partial charge on any atom is 0.293 e. The van der Waals surface area contributed by atoms with Crippen molar-refractivity contribution in [1.82, 2.24) is 14.2 Å². The lowest BCUT2D eigenvalue weighted by Gasteiger charge is -2.31. The van der Waals surface area contributed by atoms with Gasteiger partial charge in [-0.1, -0.05) is 0 Å². The number of benzene rings is 1. The van der Waals surface area contributed by atoms with E-state index in [0.29, 0.717) is 32.7 Å². The van der Waals surface area contributed by atoms with E-state index in [9.17, 15) is 18.5 Å². The van der Waals surface area contributed by atoms with Crippen LogP contribution in [0.4, 0.5) is 11.4 Å². The quantitative estimate of drug-likeness (QED) is 0.571. The number of nitro benzene ring substituents is 1. The Morgan fingerprint density at radius 2 is 2.00 bits per heavy atom. The zero-order valence-corrected chi connectivity index (χ0v) is 16.7. The van der Waals surface area contributed by atoms with Crippen LogP contribution in [-0.2, 0) is 16.6 Å². The Morgan fingerprint density at radius 1 is 1.30 bits per heavy atom. The van der Waals surface area contributed by atoms with Crippen LogP contribution in [0.1, 0.15) is 10.6 Å². The van der Waals surface area contributed by atoms with Crippen LogP contribution in [0.2, 0.25) is 0 Å². The summed E-state index contributed by atoms with van der Waals surface area (Å²) in [4.78, 5) is 18.0. The van der Waals surface area contributed by atoms with Gasteiger partial charge in [0.25, 0.3) is 5.69 Å². The minimum atomic E-state index is -3.76. The monoisotopic (exact) mass is 411 g/mol. The summed E-state index contributed by atoms with van der Waals surface area (Å²) in [5, 5.41) is 14.5. The van der Waals surface area contributed by atoms with Crippen molar-refractivity contribution >= 4 is 32.7 Å². The summed E-state index contributed by atoms with van der Waals surface area (Å²) in [6, 6.07) is 4.01. The Kier molecular flexibility index (Phi) is 5.75. The Bertz CT molecular complexity index is 936. The molecule has 0 aliphatic carbocycles. The lowest BCUT2D eigenvalue weighted by atomic mass is 10.2. The average Bonchev–Trinajstić information content (AvgIpc) is 3.05. The minimum Gasteiger partial charge on any atom is -0.375 e. The molecule has 1 aromatic carbocycles. The van der Waals surface area contributed by atoms with Crippen molar-refractivity contribution in [3.63, 3.8) is 0 Å². The van der Waals surface area contributed by atoms with Gasteiger partial charge in [0.1, 0.15) is 5.69 Å². The first-order chi connectivity index (χ1) is 12.8. The average molecular weight is 412 g/mol. The molecule has 0 atom stereocenters. The van der Waals surface area contributed by atoms with Gasteiger partial charge < -0.3 is 10.2 Å². The van der Waals surface area contributed by atoms with Crippen molar-refractivity contribution in [3.05, 3.63) is 44.4 Å². The summed E-state index contributed by atoms with van der Waals surface area (Å²) in [5.41, 5.74) is 2.61. The number of aromatic nitrogens is 1. The van der Waals surface area contributed by atoms with Crippen LogP contribution in [-0.4, -0.2) is 60.8 Å². The largest absolute Gasteiger partial charge is 0.375 e. The molecule has 2 heterocycles. The second-order valence-electron chi connectivity index (χ2n) is 6.36. The molecular formula is C16H21N5O4S2. The molecule has 2 aromatic rings. The standard InChI is InChI=1S/C16H21N5O4S2/c1-12-16(26-11-18-12)10-17-14-4-3-13(9-15(14)21(22)23)27(24,25)20-7-5-19(2)6-8-20/h3-4,9,11,17H,5-8,10H2,1-2H3. The summed E-state index contributed by atoms with van der Waals surface area (Å²) < 4.78 is 27.0. The SMILES string of the molecule is Cc1ncsc1CNc1ccc(S(=O)(=O)N2CCN(C)CC2)cc1[N+](=O)[O-]. The summed E-state index contributed by atoms with van der Waals surface area (Å²) >= 11 is 1.46. The molecule has 27 heavy (non-hydrogen) atoms. The van der Waals surface area contributed by atoms with E-state index in [4.69, 9.17) is 0 Å². The lowest BCUT2D eigenvalue weighted by Crippen LogP contribution is -2.47. The van der Waals surface area contributed by atoms with Gasteiger partial charge >= 0.3 is 0 Å². The molecule has 0 radical (unpaired) electrons. The lowest BCUT2D eigenvalue weighted by molar-refractivity contribution is -0.384. The highest BCUT2D eigenvalue weighted by Crippen LogP contribution is 2.30. The predicted octanol–water partition coefficient (Wildman–Crippen LogP) is 1.91. The molecule has 0 amide bonds. The highest BCUT2D eigenvalue weighted by atomic mass is 32.2. The van der Waals surface area contributed by atoms with Crippen molar-refractivity contribution in [2.45, 2.75) is 18.4 Å². The molecule has 1 fully saturated rings. The molecule has 1 aromatic heterocycles. The molecule has 0 spiro atoms. The van der Waals surface area contributed by atoms with Crippen LogP contribution in [0.15, 0.2) is 28.6 Å². The third kappa shape index (κ3) is 4.26. The summed E-state index contributed by atoms with van der Waals surface area (Å²) in [6.07, 6.45) is 0. The van der Waals surface area contributed by atoms with E-state index in [1.165, 1.54) is 27.8 Å². The number of nitro groups is 1. The van der Waals surface area contributed by atoms with E-state index in [2.05, 4.69) is 10.3 Å². The molecule has 1 N–H and O–H groups in total. The zero-order chi connectivity index (χ0) is 19.6. The van der Waals surface area contributed by atoms with Crippen LogP contribution >= 0.6 is 11.3 Å². The highest BCUT2D eigenvalue weighted by molar-refractivity contribution is 7.89. The van der Waals surface area contributed by atoms with Crippen LogP contribution < -0.4 is 5.32 Å². The van der Waals surface area contributed by atoms with Crippen LogP contribution in [0.25, 0.3) is 0 Å². The van der Waals surface area contributed by atoms with E-state index in [0.717, 1.165) is 16.6 Å². The van der Waals surface area contributed by atoms with Crippen molar-refractivity contribution < 1.29 is 13.3 Å². The summed E-state index contributed by atoms with van der Waals surface area (Å²) in [7, 11) is -1.83. The number of hydrogen-bond acceptors (Lipinski definition) is 8. The van der Waals surface area contributed by atoms with E-state index < -0.39 is 14.9 Å². The number of nitrogens with one attached hydrogen (secondary N) is 1. The van der Waals surface area contributed by atoms with Crippen molar-refractivity contribution in [1.29, 1.82) is 0 Å². The van der Waals surface area contributed by atoms with Gasteiger partial charge in [0.05, 0.1) is 27.6 Å². The fourth-order valence-electron chi connectivity index (χ4n) is 2.82. The smallest absolute Gasteiger partial charge is 0.293 e. The molecule has 0 unspecified atom stereocenters. The van der Waals surface area contributed by atoms with Gasteiger partial charge in [0.2, 0.25) is 10.0 Å². The molecule has 1 aliphatic heterocycles. The first-order valence-corrected chi connectivity index (χ1v) is 10.7. The number of thiazole rings is 1. The van der Waals surface area contributed by atoms with Crippen molar-refractivity contribution in [3.8, 4) is 0 Å². The van der Waals surface area contributed by atoms with Crippen LogP contribution in [0.3, 0.4) is 0 Å². The predicted molar refractivity (Wildman–Crippen MR) is 104 cm³/mol. The molecule has 0 saturated carbocycles. The first kappa shape index (κ1) is 19.7. The Hall–Kier alpha value is -2.08. The van der Waals surface area contributed by atoms with Gasteiger partial charge in [-0.05, 0) is 26.1 Å². The number of sulfonamides is 1. The third-order valence-corrected chi connectivity index (χ3v) is 7.38. The Balaban J connectivity index is 1.84. The van der Waals surface area contributed by atoms with Crippen LogP contribution in [0, 0.1) is 17.0 Å². The second kappa shape index (κ2) is 7.89.